The summed E-state index contributed by atoms with van der Waals surface area (Å²) in [6.45, 7) is 9.88. The Balaban J connectivity index is 3.60. The van der Waals surface area contributed by atoms with Crippen LogP contribution in [0.1, 0.15) is 350 Å². The van der Waals surface area contributed by atoms with E-state index in [1.165, 1.54) is 155 Å². The van der Waals surface area contributed by atoms with Gasteiger partial charge < -0.3 is 49.5 Å². The molecule has 1 heterocycles. The molecule has 1 fully saturated rings. The number of rotatable bonds is 62. The molecule has 1 rings (SSSR count). The van der Waals surface area contributed by atoms with Crippen LogP contribution in [0.5, 0.6) is 0 Å². The zero-order valence-electron chi connectivity index (χ0n) is 57.8. The smallest absolute Gasteiger partial charge is 0.306 e. The first-order valence-corrected chi connectivity index (χ1v) is 36.7. The van der Waals surface area contributed by atoms with Crippen molar-refractivity contribution in [1.82, 2.24) is 16.0 Å². The molecule has 0 aromatic carbocycles. The lowest BCUT2D eigenvalue weighted by atomic mass is 9.95. The number of aliphatic carboxylic acids is 1. The van der Waals surface area contributed by atoms with Gasteiger partial charge in [-0.2, -0.15) is 0 Å². The van der Waals surface area contributed by atoms with E-state index >= 15 is 0 Å². The van der Waals surface area contributed by atoms with E-state index in [9.17, 15) is 43.5 Å². The SMILES string of the molecule is CCCCCCCCCCCCCC(=O)N[C@@H](CO[C@@H]1O[C@H](COC(C)=O)[C@@H](OC(C)=O)[C@H](OC(=O)CCCCCCCCCCCCC)[C@H]1NC(=O)C[C@@H](CCCCCCCCCCC)OC(=O)CCCCCCCCCCCCC)C(=O)NCCC(=O)O. The van der Waals surface area contributed by atoms with Crippen LogP contribution in [0.25, 0.3) is 0 Å². The van der Waals surface area contributed by atoms with Crippen LogP contribution in [0.2, 0.25) is 0 Å². The van der Waals surface area contributed by atoms with Crippen LogP contribution in [0.4, 0.5) is 0 Å². The maximum absolute atomic E-state index is 14.7. The van der Waals surface area contributed by atoms with Crippen molar-refractivity contribution < 1.29 is 71.9 Å². The molecule has 0 aromatic heterocycles. The maximum atomic E-state index is 14.7. The van der Waals surface area contributed by atoms with E-state index in [-0.39, 0.29) is 38.6 Å². The van der Waals surface area contributed by atoms with Gasteiger partial charge in [0.05, 0.1) is 19.4 Å². The number of carboxylic acid groups (broad SMARTS) is 1. The molecule has 1 saturated heterocycles. The predicted molar refractivity (Wildman–Crippen MR) is 355 cm³/mol. The van der Waals surface area contributed by atoms with Crippen molar-refractivity contribution in [2.45, 2.75) is 393 Å². The number of hydrogen-bond donors (Lipinski definition) is 4. The number of hydrogen-bond acceptors (Lipinski definition) is 14. The number of carbonyl (C=O) groups excluding carboxylic acids is 7. The van der Waals surface area contributed by atoms with Crippen LogP contribution in [-0.2, 0) is 66.8 Å². The van der Waals surface area contributed by atoms with E-state index in [4.69, 9.17) is 28.4 Å². The van der Waals surface area contributed by atoms with Gasteiger partial charge in [-0.3, -0.25) is 38.4 Å². The van der Waals surface area contributed by atoms with Gasteiger partial charge in [0.25, 0.3) is 0 Å². The standard InChI is InChI=1S/C72H131N3O15/c1-7-11-15-19-23-27-30-34-38-42-46-50-63(78)74-61(71(84)73-54-53-65(80)81)56-86-72-68(70(69(87-59(6)77)62(89-72)57-85-58(5)76)90-67(83)52-48-44-40-36-32-29-25-21-17-13-9-3)75-64(79)55-60(49-45-41-37-33-26-22-18-14-10-4)88-66(82)51-47-43-39-35-31-28-24-20-16-12-8-2/h60-62,68-70,72H,7-57H2,1-6H3,(H,73,84)(H,74,78)(H,75,79)(H,80,81)/t60-,61+,62-,68-,69-,70-,72-/m1/s1. The minimum atomic E-state index is -1.60. The highest BCUT2D eigenvalue weighted by Gasteiger charge is 2.52. The van der Waals surface area contributed by atoms with Crippen molar-refractivity contribution in [1.29, 1.82) is 0 Å². The second kappa shape index (κ2) is 58.5. The first-order chi connectivity index (χ1) is 43.6. The van der Waals surface area contributed by atoms with Crippen LogP contribution in [0.3, 0.4) is 0 Å². The Hall–Kier alpha value is -4.32. The van der Waals surface area contributed by atoms with Gasteiger partial charge in [-0.25, -0.2) is 0 Å². The monoisotopic (exact) mass is 1280 g/mol. The van der Waals surface area contributed by atoms with Gasteiger partial charge in [0.2, 0.25) is 17.7 Å². The molecule has 0 aliphatic carbocycles. The fourth-order valence-corrected chi connectivity index (χ4v) is 11.7. The van der Waals surface area contributed by atoms with E-state index < -0.39 is 104 Å². The molecule has 0 spiro atoms. The van der Waals surface area contributed by atoms with Gasteiger partial charge in [0.15, 0.2) is 18.5 Å². The Kier molecular flexibility index (Phi) is 54.4. The molecule has 3 amide bonds. The highest BCUT2D eigenvalue weighted by atomic mass is 16.7. The van der Waals surface area contributed by atoms with Gasteiger partial charge in [-0.1, -0.05) is 272 Å². The lowest BCUT2D eigenvalue weighted by Crippen LogP contribution is -2.67. The second-order valence-electron chi connectivity index (χ2n) is 25.6. The Morgan fingerprint density at radius 1 is 0.456 bits per heavy atom. The summed E-state index contributed by atoms with van der Waals surface area (Å²) >= 11 is 0. The highest BCUT2D eigenvalue weighted by Crippen LogP contribution is 2.30. The Labute approximate surface area is 545 Å². The van der Waals surface area contributed by atoms with Gasteiger partial charge in [-0.15, -0.1) is 0 Å². The maximum Gasteiger partial charge on any atom is 0.306 e. The molecule has 0 unspecified atom stereocenters. The summed E-state index contributed by atoms with van der Waals surface area (Å²) in [7, 11) is 0. The number of carboxylic acids is 1. The van der Waals surface area contributed by atoms with Crippen LogP contribution in [0, 0.1) is 0 Å². The summed E-state index contributed by atoms with van der Waals surface area (Å²) in [5.74, 6) is -5.44. The zero-order chi connectivity index (χ0) is 66.1. The van der Waals surface area contributed by atoms with Crippen molar-refractivity contribution in [3.05, 3.63) is 0 Å². The van der Waals surface area contributed by atoms with Crippen LogP contribution < -0.4 is 16.0 Å². The van der Waals surface area contributed by atoms with Crippen LogP contribution in [0.15, 0.2) is 0 Å². The van der Waals surface area contributed by atoms with E-state index in [2.05, 4.69) is 43.6 Å². The molecule has 524 valence electrons. The van der Waals surface area contributed by atoms with Gasteiger partial charge in [0, 0.05) is 39.7 Å². The van der Waals surface area contributed by atoms with Crippen molar-refractivity contribution in [3.63, 3.8) is 0 Å². The largest absolute Gasteiger partial charge is 0.481 e. The van der Waals surface area contributed by atoms with E-state index in [1.807, 2.05) is 0 Å². The Morgan fingerprint density at radius 2 is 0.867 bits per heavy atom. The molecule has 7 atom stereocenters. The van der Waals surface area contributed by atoms with Crippen molar-refractivity contribution in [2.24, 2.45) is 0 Å². The molecule has 0 radical (unpaired) electrons. The third kappa shape index (κ3) is 47.6. The fraction of sp³-hybridized carbons (Fsp3) is 0.889. The van der Waals surface area contributed by atoms with Crippen LogP contribution >= 0.6 is 0 Å². The lowest BCUT2D eigenvalue weighted by molar-refractivity contribution is -0.278. The average Bonchev–Trinajstić information content (AvgIpc) is 0.887. The highest BCUT2D eigenvalue weighted by molar-refractivity contribution is 5.88. The molecule has 1 aliphatic rings. The van der Waals surface area contributed by atoms with E-state index in [0.717, 1.165) is 103 Å². The number of esters is 4. The molecule has 0 saturated carbocycles. The first-order valence-electron chi connectivity index (χ1n) is 36.7. The molecule has 18 heteroatoms. The third-order valence-corrected chi connectivity index (χ3v) is 17.0. The Morgan fingerprint density at radius 3 is 1.29 bits per heavy atom. The summed E-state index contributed by atoms with van der Waals surface area (Å²) in [6, 6.07) is -2.83. The number of nitrogens with one attached hydrogen (secondary N) is 3. The predicted octanol–water partition coefficient (Wildman–Crippen LogP) is 16.0. The summed E-state index contributed by atoms with van der Waals surface area (Å²) in [5.41, 5.74) is 0. The molecule has 90 heavy (non-hydrogen) atoms. The zero-order valence-corrected chi connectivity index (χ0v) is 57.8. The summed E-state index contributed by atoms with van der Waals surface area (Å²) in [6.07, 6.45) is 39.2. The number of carbonyl (C=O) groups is 8. The lowest BCUT2D eigenvalue weighted by Gasteiger charge is -2.45. The molecule has 18 nitrogen and oxygen atoms in total. The van der Waals surface area contributed by atoms with E-state index in [0.29, 0.717) is 32.1 Å². The summed E-state index contributed by atoms with van der Waals surface area (Å²) in [5, 5.41) is 17.7. The van der Waals surface area contributed by atoms with Gasteiger partial charge >= 0.3 is 29.8 Å². The average molecular weight is 1280 g/mol. The summed E-state index contributed by atoms with van der Waals surface area (Å²) < 4.78 is 36.5. The molecular weight excluding hydrogens is 1150 g/mol. The normalized spacial score (nSPS) is 17.0. The summed E-state index contributed by atoms with van der Waals surface area (Å²) in [4.78, 5) is 107. The number of amides is 3. The van der Waals surface area contributed by atoms with Crippen LogP contribution in [-0.4, -0.2) is 115 Å². The molecule has 0 aromatic rings. The number of ether oxygens (including phenoxy) is 6. The first kappa shape index (κ1) is 83.7. The van der Waals surface area contributed by atoms with Crippen molar-refractivity contribution >= 4 is 47.6 Å². The molecule has 1 aliphatic heterocycles. The van der Waals surface area contributed by atoms with Crippen molar-refractivity contribution in [3.8, 4) is 0 Å². The number of unbranched alkanes of at least 4 members (excludes halogenated alkanes) is 38. The second-order valence-corrected chi connectivity index (χ2v) is 25.6. The van der Waals surface area contributed by atoms with E-state index in [1.54, 1.807) is 0 Å². The molecular formula is C72H131N3O15. The minimum Gasteiger partial charge on any atom is -0.481 e. The molecule has 0 bridgehead atoms. The quantitative estimate of drug-likeness (QED) is 0.0251. The van der Waals surface area contributed by atoms with Gasteiger partial charge in [0.1, 0.15) is 30.9 Å². The Bertz CT molecular complexity index is 1850. The third-order valence-electron chi connectivity index (χ3n) is 17.0. The fourth-order valence-electron chi connectivity index (χ4n) is 11.7. The topological polar surface area (TPSA) is 248 Å². The molecule has 4 N–H and O–H groups in total. The van der Waals surface area contributed by atoms with Crippen molar-refractivity contribution in [2.75, 3.05) is 19.8 Å². The minimum absolute atomic E-state index is 0.00159. The van der Waals surface area contributed by atoms with Gasteiger partial charge in [-0.05, 0) is 32.1 Å².